The molecule has 1 aromatic rings. The van der Waals surface area contributed by atoms with Crippen molar-refractivity contribution >= 4 is 25.2 Å². The predicted molar refractivity (Wildman–Crippen MR) is 104 cm³/mol. The van der Waals surface area contributed by atoms with Crippen LogP contribution in [0.1, 0.15) is 48.5 Å². The van der Waals surface area contributed by atoms with Crippen LogP contribution in [0.2, 0.25) is 0 Å². The van der Waals surface area contributed by atoms with Gasteiger partial charge < -0.3 is 29.2 Å². The summed E-state index contributed by atoms with van der Waals surface area (Å²) in [7, 11) is -1.60. The second-order valence-corrected chi connectivity index (χ2v) is 6.94. The van der Waals surface area contributed by atoms with Gasteiger partial charge >= 0.3 is 25.4 Å². The van der Waals surface area contributed by atoms with Crippen molar-refractivity contribution in [2.75, 3.05) is 13.4 Å². The molecule has 13 heteroatoms. The molecule has 1 aliphatic rings. The minimum absolute atomic E-state index is 0.00341. The first kappa shape index (κ1) is 25.3. The lowest BCUT2D eigenvalue weighted by Gasteiger charge is -2.29. The summed E-state index contributed by atoms with van der Waals surface area (Å²) in [6.07, 6.45) is -6.04. The number of carbonyl (C=O) groups is 3. The van der Waals surface area contributed by atoms with Crippen molar-refractivity contribution in [3.05, 3.63) is 29.3 Å². The maximum absolute atomic E-state index is 12.3. The van der Waals surface area contributed by atoms with Gasteiger partial charge in [-0.05, 0) is 24.5 Å². The first-order valence-corrected chi connectivity index (χ1v) is 9.90. The van der Waals surface area contributed by atoms with Crippen molar-refractivity contribution in [3.8, 4) is 5.75 Å². The van der Waals surface area contributed by atoms with Gasteiger partial charge in [0.1, 0.15) is 11.3 Å². The molecule has 1 aromatic carbocycles. The van der Waals surface area contributed by atoms with E-state index in [0.29, 0.717) is 12.0 Å². The van der Waals surface area contributed by atoms with Gasteiger partial charge in [0.15, 0.2) is 0 Å². The second-order valence-electron chi connectivity index (χ2n) is 6.94. The molecular weight excluding hydrogens is 438 g/mol. The Balaban J connectivity index is 1.93. The molecule has 0 bridgehead atoms. The van der Waals surface area contributed by atoms with Crippen molar-refractivity contribution in [1.82, 2.24) is 5.32 Å². The number of para-hydroxylation sites is 1. The molecule has 1 unspecified atom stereocenters. The lowest BCUT2D eigenvalue weighted by molar-refractivity contribution is -0.144. The van der Waals surface area contributed by atoms with Crippen LogP contribution >= 0.6 is 0 Å². The molecule has 0 saturated heterocycles. The molecule has 0 radical (unpaired) electrons. The van der Waals surface area contributed by atoms with E-state index in [1.165, 1.54) is 12.1 Å². The molecule has 1 amide bonds. The summed E-state index contributed by atoms with van der Waals surface area (Å²) in [4.78, 5) is 35.4. The number of nitrogens with one attached hydrogen (secondary N) is 1. The largest absolute Gasteiger partial charge is 0.547 e. The molecule has 9 nitrogen and oxygen atoms in total. The number of alkyl halides is 3. The highest BCUT2D eigenvalue weighted by Crippen LogP contribution is 2.31. The Bertz CT molecular complexity index is 820. The van der Waals surface area contributed by atoms with Crippen LogP contribution in [-0.2, 0) is 25.4 Å². The van der Waals surface area contributed by atoms with E-state index in [4.69, 9.17) is 14.1 Å². The number of hydrogen-bond acceptors (Lipinski definition) is 8. The van der Waals surface area contributed by atoms with E-state index in [1.54, 1.807) is 6.07 Å². The van der Waals surface area contributed by atoms with E-state index in [0.717, 1.165) is 6.42 Å². The average molecular weight is 461 g/mol. The number of fused-ring (bicyclic) bond motifs is 1. The van der Waals surface area contributed by atoms with Gasteiger partial charge in [0.2, 0.25) is 12.7 Å². The van der Waals surface area contributed by atoms with E-state index in [1.807, 2.05) is 6.92 Å². The standard InChI is InChI=1S/C19H23BF3NO8/c1-2-3-9-29-18(27)31-11-30-17(26)13-6-4-5-12-10-14(20(28)32-16(12)13)24-15(25)7-8-19(21,22)23/h4-6,14,28H,2-3,7-11H2,1H3,(H,24,25). The van der Waals surface area contributed by atoms with Crippen molar-refractivity contribution < 1.29 is 51.4 Å². The van der Waals surface area contributed by atoms with Gasteiger partial charge in [0.05, 0.1) is 19.0 Å². The van der Waals surface area contributed by atoms with Gasteiger partial charge in [-0.25, -0.2) is 9.59 Å². The number of esters is 1. The number of amides is 1. The number of carbonyl (C=O) groups excluding carboxylic acids is 3. The second kappa shape index (κ2) is 11.6. The fourth-order valence-corrected chi connectivity index (χ4v) is 2.79. The Morgan fingerprint density at radius 3 is 2.69 bits per heavy atom. The van der Waals surface area contributed by atoms with Crippen LogP contribution in [0.25, 0.3) is 0 Å². The molecule has 2 N–H and O–H groups in total. The zero-order valence-corrected chi connectivity index (χ0v) is 17.3. The third-order valence-electron chi connectivity index (χ3n) is 4.41. The molecule has 0 fully saturated rings. The van der Waals surface area contributed by atoms with Gasteiger partial charge in [-0.15, -0.1) is 0 Å². The molecule has 0 saturated carbocycles. The molecule has 0 aliphatic carbocycles. The quantitative estimate of drug-likeness (QED) is 0.249. The van der Waals surface area contributed by atoms with Gasteiger partial charge in [-0.2, -0.15) is 13.2 Å². The Hall–Kier alpha value is -2.96. The minimum atomic E-state index is -4.48. The fourth-order valence-electron chi connectivity index (χ4n) is 2.79. The number of benzene rings is 1. The van der Waals surface area contributed by atoms with Crippen LogP contribution in [0.5, 0.6) is 5.75 Å². The lowest BCUT2D eigenvalue weighted by Crippen LogP contribution is -2.53. The first-order valence-electron chi connectivity index (χ1n) is 9.90. The number of unbranched alkanes of at least 4 members (excludes halogenated alkanes) is 1. The van der Waals surface area contributed by atoms with E-state index < -0.39 is 56.9 Å². The smallest absolute Gasteiger partial charge is 0.534 e. The van der Waals surface area contributed by atoms with Gasteiger partial charge in [-0.1, -0.05) is 25.5 Å². The van der Waals surface area contributed by atoms with Gasteiger partial charge in [-0.3, -0.25) is 4.79 Å². The van der Waals surface area contributed by atoms with Crippen LogP contribution < -0.4 is 9.97 Å². The Kier molecular flexibility index (Phi) is 9.18. The molecule has 2 rings (SSSR count). The van der Waals surface area contributed by atoms with E-state index >= 15 is 0 Å². The Labute approximate surface area is 182 Å². The van der Waals surface area contributed by atoms with Crippen LogP contribution in [0, 0.1) is 0 Å². The van der Waals surface area contributed by atoms with Crippen molar-refractivity contribution in [3.63, 3.8) is 0 Å². The molecule has 0 aromatic heterocycles. The van der Waals surface area contributed by atoms with Crippen molar-refractivity contribution in [2.24, 2.45) is 0 Å². The summed E-state index contributed by atoms with van der Waals surface area (Å²) < 4.78 is 56.3. The highest BCUT2D eigenvalue weighted by Gasteiger charge is 2.38. The summed E-state index contributed by atoms with van der Waals surface area (Å²) >= 11 is 0. The zero-order chi connectivity index (χ0) is 23.7. The topological polar surface area (TPSA) is 120 Å². The van der Waals surface area contributed by atoms with Crippen LogP contribution in [0.3, 0.4) is 0 Å². The van der Waals surface area contributed by atoms with E-state index in [2.05, 4.69) is 10.1 Å². The number of halogens is 3. The molecular formula is C19H23BF3NO8. The highest BCUT2D eigenvalue weighted by molar-refractivity contribution is 6.47. The molecule has 0 spiro atoms. The van der Waals surface area contributed by atoms with Crippen molar-refractivity contribution in [1.29, 1.82) is 0 Å². The minimum Gasteiger partial charge on any atom is -0.534 e. The van der Waals surface area contributed by atoms with Crippen molar-refractivity contribution in [2.45, 2.75) is 51.1 Å². The predicted octanol–water partition coefficient (Wildman–Crippen LogP) is 2.54. The zero-order valence-electron chi connectivity index (χ0n) is 17.3. The van der Waals surface area contributed by atoms with E-state index in [9.17, 15) is 32.6 Å². The number of rotatable bonds is 9. The number of hydrogen-bond donors (Lipinski definition) is 2. The molecule has 32 heavy (non-hydrogen) atoms. The molecule has 1 aliphatic heterocycles. The third kappa shape index (κ3) is 7.95. The molecule has 1 atom stereocenters. The summed E-state index contributed by atoms with van der Waals surface area (Å²) in [5.74, 6) is -2.80. The van der Waals surface area contributed by atoms with Gasteiger partial charge in [0.25, 0.3) is 0 Å². The Morgan fingerprint density at radius 2 is 2.00 bits per heavy atom. The maximum atomic E-state index is 12.3. The lowest BCUT2D eigenvalue weighted by atomic mass is 9.72. The first-order chi connectivity index (χ1) is 15.1. The third-order valence-corrected chi connectivity index (χ3v) is 4.41. The molecule has 176 valence electrons. The SMILES string of the molecule is CCCCOC(=O)OCOC(=O)c1cccc2c1OB(O)C(NC(=O)CCC(F)(F)F)C2. The van der Waals surface area contributed by atoms with Crippen LogP contribution in [0.15, 0.2) is 18.2 Å². The Morgan fingerprint density at radius 1 is 1.25 bits per heavy atom. The molecule has 1 heterocycles. The van der Waals surface area contributed by atoms with E-state index in [-0.39, 0.29) is 24.3 Å². The monoisotopic (exact) mass is 461 g/mol. The summed E-state index contributed by atoms with van der Waals surface area (Å²) in [5, 5.41) is 12.5. The summed E-state index contributed by atoms with van der Waals surface area (Å²) in [6, 6.07) is 4.42. The van der Waals surface area contributed by atoms with Crippen LogP contribution in [-0.4, -0.2) is 55.7 Å². The number of ether oxygens (including phenoxy) is 3. The summed E-state index contributed by atoms with van der Waals surface area (Å²) in [6.45, 7) is 1.39. The normalized spacial score (nSPS) is 15.3. The van der Waals surface area contributed by atoms with Gasteiger partial charge in [0, 0.05) is 6.42 Å². The summed E-state index contributed by atoms with van der Waals surface area (Å²) in [5.41, 5.74) is 0.358. The van der Waals surface area contributed by atoms with Crippen LogP contribution in [0.4, 0.5) is 18.0 Å². The fraction of sp³-hybridized carbons (Fsp3) is 0.526. The maximum Gasteiger partial charge on any atom is 0.547 e. The highest BCUT2D eigenvalue weighted by atomic mass is 19.4. The average Bonchev–Trinajstić information content (AvgIpc) is 2.72.